The summed E-state index contributed by atoms with van der Waals surface area (Å²) >= 11 is 24.4. The van der Waals surface area contributed by atoms with Crippen LogP contribution in [0.3, 0.4) is 0 Å². The number of rotatable bonds is 7. The van der Waals surface area contributed by atoms with Gasteiger partial charge in [-0.05, 0) is 18.8 Å². The van der Waals surface area contributed by atoms with Crippen LogP contribution in [-0.2, 0) is 9.53 Å². The molecule has 0 saturated carbocycles. The first kappa shape index (κ1) is 21.6. The van der Waals surface area contributed by atoms with E-state index in [9.17, 15) is 4.79 Å². The molecule has 126 valence electrons. The zero-order chi connectivity index (χ0) is 16.9. The van der Waals surface area contributed by atoms with Crippen molar-refractivity contribution < 1.29 is 9.53 Å². The first-order valence-corrected chi connectivity index (χ1v) is 8.83. The molecule has 0 bridgehead atoms. The Balaban J connectivity index is 5.53. The zero-order valence-corrected chi connectivity index (χ0v) is 16.5. The molecule has 0 aromatic heterocycles. The highest BCUT2D eigenvalue weighted by molar-refractivity contribution is 6.67. The molecule has 0 saturated heterocycles. The lowest BCUT2D eigenvalue weighted by atomic mass is 9.60. The van der Waals surface area contributed by atoms with Gasteiger partial charge in [0.25, 0.3) is 0 Å². The molecule has 2 unspecified atom stereocenters. The summed E-state index contributed by atoms with van der Waals surface area (Å²) in [5.74, 6) is -0.254. The smallest absolute Gasteiger partial charge is 0.306 e. The number of alkyl halides is 4. The van der Waals surface area contributed by atoms with Crippen molar-refractivity contribution >= 4 is 52.4 Å². The summed E-state index contributed by atoms with van der Waals surface area (Å²) < 4.78 is 3.68. The zero-order valence-electron chi connectivity index (χ0n) is 13.4. The summed E-state index contributed by atoms with van der Waals surface area (Å²) in [4.78, 5) is 12.1. The molecule has 0 N–H and O–H groups in total. The van der Waals surface area contributed by atoms with Gasteiger partial charge in [-0.15, -0.1) is 11.6 Å². The molecule has 0 aliphatic rings. The quantitative estimate of drug-likeness (QED) is 0.392. The number of ether oxygens (including phenoxy) is 1. The van der Waals surface area contributed by atoms with Gasteiger partial charge in [0.2, 0.25) is 0 Å². The van der Waals surface area contributed by atoms with Crippen LogP contribution in [0.5, 0.6) is 0 Å². The molecule has 0 aromatic carbocycles. The Morgan fingerprint density at radius 1 is 1.14 bits per heavy atom. The molecule has 0 aromatic rings. The highest BCUT2D eigenvalue weighted by Crippen LogP contribution is 2.53. The van der Waals surface area contributed by atoms with Gasteiger partial charge >= 0.3 is 5.97 Å². The molecule has 2 atom stereocenters. The summed E-state index contributed by atoms with van der Waals surface area (Å²) in [7, 11) is 0. The maximum atomic E-state index is 12.1. The van der Waals surface area contributed by atoms with Crippen molar-refractivity contribution in [3.8, 4) is 0 Å². The maximum absolute atomic E-state index is 12.1. The van der Waals surface area contributed by atoms with Gasteiger partial charge in [0.1, 0.15) is 0 Å². The third kappa shape index (κ3) is 6.72. The Labute approximate surface area is 148 Å². The number of halogens is 4. The molecule has 0 heterocycles. The van der Waals surface area contributed by atoms with Crippen LogP contribution in [0.25, 0.3) is 0 Å². The summed E-state index contributed by atoms with van der Waals surface area (Å²) in [6.45, 7) is 10.4. The lowest BCUT2D eigenvalue weighted by Crippen LogP contribution is -2.46. The number of hydrogen-bond acceptors (Lipinski definition) is 2. The molecular formula is C15H26Cl4O2. The lowest BCUT2D eigenvalue weighted by Gasteiger charge is -2.48. The van der Waals surface area contributed by atoms with E-state index in [-0.39, 0.29) is 24.2 Å². The molecule has 0 aliphatic heterocycles. The van der Waals surface area contributed by atoms with E-state index >= 15 is 0 Å². The predicted octanol–water partition coefficient (Wildman–Crippen LogP) is 6.14. The first-order valence-electron chi connectivity index (χ1n) is 7.26. The summed E-state index contributed by atoms with van der Waals surface area (Å²) in [5, 5.41) is -0.436. The monoisotopic (exact) mass is 378 g/mol. The SMILES string of the molecule is CCCC(CC(=O)OCC)(C(Cl)CC(Cl)(Cl)Cl)C(C)(C)C. The van der Waals surface area contributed by atoms with Crippen LogP contribution in [0.4, 0.5) is 0 Å². The van der Waals surface area contributed by atoms with E-state index in [4.69, 9.17) is 51.1 Å². The molecule has 0 radical (unpaired) electrons. The average Bonchev–Trinajstić information content (AvgIpc) is 2.24. The van der Waals surface area contributed by atoms with Crippen molar-refractivity contribution in [3.05, 3.63) is 0 Å². The van der Waals surface area contributed by atoms with Crippen molar-refractivity contribution in [3.63, 3.8) is 0 Å². The second-order valence-electron chi connectivity index (χ2n) is 6.42. The molecule has 21 heavy (non-hydrogen) atoms. The van der Waals surface area contributed by atoms with Crippen molar-refractivity contribution in [2.75, 3.05) is 6.61 Å². The standard InChI is InChI=1S/C15H26Cl4O2/c1-6-8-14(13(3,4)5,10-12(20)21-7-2)11(16)9-15(17,18)19/h11H,6-10H2,1-5H3. The van der Waals surface area contributed by atoms with Gasteiger partial charge < -0.3 is 4.74 Å². The van der Waals surface area contributed by atoms with Gasteiger partial charge in [-0.25, -0.2) is 0 Å². The second-order valence-corrected chi connectivity index (χ2v) is 9.47. The second kappa shape index (κ2) is 8.47. The Hall–Kier alpha value is 0.630. The minimum Gasteiger partial charge on any atom is -0.466 e. The maximum Gasteiger partial charge on any atom is 0.306 e. The molecule has 6 heteroatoms. The third-order valence-electron chi connectivity index (χ3n) is 3.97. The highest BCUT2D eigenvalue weighted by Gasteiger charge is 2.50. The van der Waals surface area contributed by atoms with Crippen LogP contribution in [-0.4, -0.2) is 21.7 Å². The van der Waals surface area contributed by atoms with Crippen LogP contribution < -0.4 is 0 Å². The van der Waals surface area contributed by atoms with E-state index in [0.717, 1.165) is 12.8 Å². The molecule has 2 nitrogen and oxygen atoms in total. The van der Waals surface area contributed by atoms with E-state index in [1.807, 2.05) is 0 Å². The van der Waals surface area contributed by atoms with Crippen molar-refractivity contribution in [1.82, 2.24) is 0 Å². The van der Waals surface area contributed by atoms with E-state index in [1.54, 1.807) is 6.92 Å². The molecule has 0 aliphatic carbocycles. The van der Waals surface area contributed by atoms with Gasteiger partial charge in [-0.1, -0.05) is 68.9 Å². The molecule has 0 spiro atoms. The number of carbonyl (C=O) groups excluding carboxylic acids is 1. The molecule has 0 fully saturated rings. The minimum atomic E-state index is -1.44. The highest BCUT2D eigenvalue weighted by atomic mass is 35.6. The Morgan fingerprint density at radius 2 is 1.67 bits per heavy atom. The van der Waals surface area contributed by atoms with Crippen molar-refractivity contribution in [2.24, 2.45) is 10.8 Å². The topological polar surface area (TPSA) is 26.3 Å². The fourth-order valence-corrected chi connectivity index (χ4v) is 4.22. The van der Waals surface area contributed by atoms with Gasteiger partial charge in [0.15, 0.2) is 3.79 Å². The Morgan fingerprint density at radius 3 is 2.00 bits per heavy atom. The summed E-state index contributed by atoms with van der Waals surface area (Å²) in [6, 6.07) is 0. The van der Waals surface area contributed by atoms with Gasteiger partial charge in [0.05, 0.1) is 13.0 Å². The van der Waals surface area contributed by atoms with E-state index in [2.05, 4.69) is 27.7 Å². The van der Waals surface area contributed by atoms with Crippen LogP contribution in [0, 0.1) is 10.8 Å². The van der Waals surface area contributed by atoms with E-state index < -0.39 is 14.6 Å². The van der Waals surface area contributed by atoms with E-state index in [1.165, 1.54) is 0 Å². The number of carbonyl (C=O) groups is 1. The summed E-state index contributed by atoms with van der Waals surface area (Å²) in [6.07, 6.45) is 2.08. The minimum absolute atomic E-state index is 0.190. The fraction of sp³-hybridized carbons (Fsp3) is 0.933. The number of hydrogen-bond donors (Lipinski definition) is 0. The predicted molar refractivity (Wildman–Crippen MR) is 92.6 cm³/mol. The van der Waals surface area contributed by atoms with Crippen LogP contribution in [0.1, 0.15) is 60.3 Å². The number of esters is 1. The average molecular weight is 380 g/mol. The molecule has 0 rings (SSSR count). The summed E-state index contributed by atoms with van der Waals surface area (Å²) in [5.41, 5.74) is -0.711. The van der Waals surface area contributed by atoms with Crippen LogP contribution in [0.15, 0.2) is 0 Å². The van der Waals surface area contributed by atoms with Gasteiger partial charge in [0, 0.05) is 17.2 Å². The van der Waals surface area contributed by atoms with E-state index in [0.29, 0.717) is 6.61 Å². The van der Waals surface area contributed by atoms with Gasteiger partial charge in [-0.2, -0.15) is 0 Å². The largest absolute Gasteiger partial charge is 0.466 e. The van der Waals surface area contributed by atoms with Crippen LogP contribution >= 0.6 is 46.4 Å². The Bertz CT molecular complexity index is 334. The molecule has 0 amide bonds. The van der Waals surface area contributed by atoms with Crippen molar-refractivity contribution in [2.45, 2.75) is 69.5 Å². The van der Waals surface area contributed by atoms with Crippen molar-refractivity contribution in [1.29, 1.82) is 0 Å². The van der Waals surface area contributed by atoms with Crippen LogP contribution in [0.2, 0.25) is 0 Å². The first-order chi connectivity index (χ1) is 9.39. The van der Waals surface area contributed by atoms with Gasteiger partial charge in [-0.3, -0.25) is 4.79 Å². The third-order valence-corrected chi connectivity index (χ3v) is 5.00. The lowest BCUT2D eigenvalue weighted by molar-refractivity contribution is -0.148. The molecular weight excluding hydrogens is 354 g/mol. The normalized spacial score (nSPS) is 17.2. The Kier molecular flexibility index (Phi) is 8.73. The fourth-order valence-electron chi connectivity index (χ4n) is 2.78.